The molecule has 27 heavy (non-hydrogen) atoms. The summed E-state index contributed by atoms with van der Waals surface area (Å²) in [5.41, 5.74) is 2.44. The highest BCUT2D eigenvalue weighted by atomic mass is 32.2. The molecule has 0 bridgehead atoms. The summed E-state index contributed by atoms with van der Waals surface area (Å²) in [6.07, 6.45) is 0. The van der Waals surface area contributed by atoms with Gasteiger partial charge in [-0.1, -0.05) is 18.2 Å². The maximum Gasteiger partial charge on any atom is 0.241 e. The lowest BCUT2D eigenvalue weighted by atomic mass is 9.98. The van der Waals surface area contributed by atoms with E-state index in [9.17, 15) is 13.2 Å². The van der Waals surface area contributed by atoms with Gasteiger partial charge in [0.05, 0.1) is 16.5 Å². The number of nitrogens with zero attached hydrogens (tertiary/aromatic N) is 1. The Bertz CT molecular complexity index is 907. The number of hydrogen-bond acceptors (Lipinski definition) is 4. The number of nitrogens with one attached hydrogen (secondary N) is 3. The van der Waals surface area contributed by atoms with E-state index < -0.39 is 15.6 Å². The summed E-state index contributed by atoms with van der Waals surface area (Å²) in [6.45, 7) is 11.0. The number of carbonyl (C=O) groups excluding carboxylic acids is 1. The summed E-state index contributed by atoms with van der Waals surface area (Å²) in [7, 11) is -3.69. The predicted octanol–water partition coefficient (Wildman–Crippen LogP) is 2.52. The molecule has 0 saturated carbocycles. The van der Waals surface area contributed by atoms with Crippen LogP contribution in [0.25, 0.3) is 0 Å². The fourth-order valence-corrected chi connectivity index (χ4v) is 4.69. The zero-order valence-electron chi connectivity index (χ0n) is 16.7. The minimum atomic E-state index is -3.69. The minimum Gasteiger partial charge on any atom is -0.351 e. The molecule has 1 amide bonds. The third-order valence-corrected chi connectivity index (χ3v) is 6.03. The number of aromatic amines is 1. The zero-order chi connectivity index (χ0) is 20.4. The van der Waals surface area contributed by atoms with Crippen molar-refractivity contribution in [1.29, 1.82) is 0 Å². The molecular formula is C19H28N4O3S. The molecular weight excluding hydrogens is 364 g/mol. The Kier molecular flexibility index (Phi) is 6.11. The molecule has 0 saturated heterocycles. The van der Waals surface area contributed by atoms with Crippen LogP contribution in [0.4, 0.5) is 0 Å². The number of aromatic nitrogens is 2. The number of aryl methyl sites for hydroxylation is 2. The molecule has 0 aliphatic heterocycles. The number of benzene rings is 1. The Balaban J connectivity index is 2.18. The molecule has 8 heteroatoms. The van der Waals surface area contributed by atoms with Gasteiger partial charge in [-0.15, -0.1) is 0 Å². The molecule has 0 spiro atoms. The number of hydrogen-bond donors (Lipinski definition) is 3. The Morgan fingerprint density at radius 1 is 1.22 bits per heavy atom. The van der Waals surface area contributed by atoms with Crippen LogP contribution in [0.15, 0.2) is 29.2 Å². The van der Waals surface area contributed by atoms with Crippen LogP contribution in [0.2, 0.25) is 0 Å². The quantitative estimate of drug-likeness (QED) is 0.703. The van der Waals surface area contributed by atoms with E-state index in [2.05, 4.69) is 20.2 Å². The maximum absolute atomic E-state index is 12.7. The molecule has 1 heterocycles. The fraction of sp³-hybridized carbons (Fsp3) is 0.474. The molecule has 7 nitrogen and oxygen atoms in total. The van der Waals surface area contributed by atoms with Crippen molar-refractivity contribution in [1.82, 2.24) is 20.2 Å². The van der Waals surface area contributed by atoms with E-state index in [0.29, 0.717) is 5.56 Å². The molecule has 2 aromatic rings. The third-order valence-electron chi connectivity index (χ3n) is 4.17. The smallest absolute Gasteiger partial charge is 0.241 e. The van der Waals surface area contributed by atoms with Gasteiger partial charge in [0.1, 0.15) is 0 Å². The fourth-order valence-electron chi connectivity index (χ4n) is 3.03. The molecule has 0 radical (unpaired) electrons. The topological polar surface area (TPSA) is 104 Å². The lowest BCUT2D eigenvalue weighted by molar-refractivity contribution is -0.122. The molecule has 3 N–H and O–H groups in total. The second kappa shape index (κ2) is 7.82. The largest absolute Gasteiger partial charge is 0.351 e. The molecule has 0 fully saturated rings. The van der Waals surface area contributed by atoms with Crippen LogP contribution < -0.4 is 10.0 Å². The van der Waals surface area contributed by atoms with Gasteiger partial charge in [0.15, 0.2) is 0 Å². The Hall–Kier alpha value is -2.19. The van der Waals surface area contributed by atoms with Gasteiger partial charge < -0.3 is 5.32 Å². The van der Waals surface area contributed by atoms with Crippen LogP contribution in [0.1, 0.15) is 56.1 Å². The SMILES string of the molecule is Cc1n[nH]c(C)c1C(C)C(=O)NCc1ccccc1S(=O)(=O)NC(C)(C)C. The number of amides is 1. The first-order chi connectivity index (χ1) is 12.4. The van der Waals surface area contributed by atoms with E-state index in [-0.39, 0.29) is 23.3 Å². The molecule has 0 aliphatic rings. The molecule has 2 rings (SSSR count). The number of rotatable bonds is 6. The number of sulfonamides is 1. The van der Waals surface area contributed by atoms with Crippen LogP contribution in [0.3, 0.4) is 0 Å². The second-order valence-electron chi connectivity index (χ2n) is 7.75. The first-order valence-corrected chi connectivity index (χ1v) is 10.3. The molecule has 1 aromatic carbocycles. The summed E-state index contributed by atoms with van der Waals surface area (Å²) in [6, 6.07) is 6.68. The lowest BCUT2D eigenvalue weighted by Crippen LogP contribution is -2.41. The van der Waals surface area contributed by atoms with Gasteiger partial charge in [-0.2, -0.15) is 5.10 Å². The average Bonchev–Trinajstić information content (AvgIpc) is 2.88. The van der Waals surface area contributed by atoms with Crippen molar-refractivity contribution in [3.05, 3.63) is 46.8 Å². The van der Waals surface area contributed by atoms with Crippen molar-refractivity contribution < 1.29 is 13.2 Å². The molecule has 1 atom stereocenters. The van der Waals surface area contributed by atoms with Crippen molar-refractivity contribution in [2.45, 2.75) is 64.4 Å². The second-order valence-corrected chi connectivity index (χ2v) is 9.40. The Labute approximate surface area is 161 Å². The summed E-state index contributed by atoms with van der Waals surface area (Å²) in [4.78, 5) is 12.8. The number of carbonyl (C=O) groups is 1. The van der Waals surface area contributed by atoms with Crippen molar-refractivity contribution >= 4 is 15.9 Å². The van der Waals surface area contributed by atoms with E-state index in [1.54, 1.807) is 45.0 Å². The normalized spacial score (nSPS) is 13.4. The zero-order valence-corrected chi connectivity index (χ0v) is 17.5. The summed E-state index contributed by atoms with van der Waals surface area (Å²) in [5, 5.41) is 9.85. The van der Waals surface area contributed by atoms with Gasteiger partial charge in [0, 0.05) is 23.3 Å². The highest BCUT2D eigenvalue weighted by molar-refractivity contribution is 7.89. The van der Waals surface area contributed by atoms with E-state index in [0.717, 1.165) is 17.0 Å². The molecule has 0 aliphatic carbocycles. The lowest BCUT2D eigenvalue weighted by Gasteiger charge is -2.22. The summed E-state index contributed by atoms with van der Waals surface area (Å²) in [5.74, 6) is -0.571. The van der Waals surface area contributed by atoms with Gasteiger partial charge in [0.2, 0.25) is 15.9 Å². The first kappa shape index (κ1) is 21.1. The molecule has 148 valence electrons. The van der Waals surface area contributed by atoms with Gasteiger partial charge in [-0.05, 0) is 53.2 Å². The highest BCUT2D eigenvalue weighted by Crippen LogP contribution is 2.22. The predicted molar refractivity (Wildman–Crippen MR) is 105 cm³/mol. The van der Waals surface area contributed by atoms with E-state index in [1.165, 1.54) is 0 Å². The van der Waals surface area contributed by atoms with Crippen LogP contribution in [0.5, 0.6) is 0 Å². The van der Waals surface area contributed by atoms with Gasteiger partial charge >= 0.3 is 0 Å². The van der Waals surface area contributed by atoms with Crippen LogP contribution >= 0.6 is 0 Å². The number of H-pyrrole nitrogens is 1. The Morgan fingerprint density at radius 3 is 2.41 bits per heavy atom. The highest BCUT2D eigenvalue weighted by Gasteiger charge is 2.25. The first-order valence-electron chi connectivity index (χ1n) is 8.83. The molecule has 1 unspecified atom stereocenters. The third kappa shape index (κ3) is 5.17. The maximum atomic E-state index is 12.7. The standard InChI is InChI=1S/C19H28N4O3S/c1-12(17-13(2)21-22-14(17)3)18(24)20-11-15-9-7-8-10-16(15)27(25,26)23-19(4,5)6/h7-10,12,23H,11H2,1-6H3,(H,20,24)(H,21,22). The monoisotopic (exact) mass is 392 g/mol. The molecule has 1 aromatic heterocycles. The van der Waals surface area contributed by atoms with Crippen molar-refractivity contribution in [2.24, 2.45) is 0 Å². The van der Waals surface area contributed by atoms with Crippen molar-refractivity contribution in [2.75, 3.05) is 0 Å². The van der Waals surface area contributed by atoms with E-state index in [4.69, 9.17) is 0 Å². The van der Waals surface area contributed by atoms with Crippen molar-refractivity contribution in [3.8, 4) is 0 Å². The van der Waals surface area contributed by atoms with E-state index in [1.807, 2.05) is 20.8 Å². The van der Waals surface area contributed by atoms with Crippen molar-refractivity contribution in [3.63, 3.8) is 0 Å². The van der Waals surface area contributed by atoms with Gasteiger partial charge in [0.25, 0.3) is 0 Å². The summed E-state index contributed by atoms with van der Waals surface area (Å²) >= 11 is 0. The average molecular weight is 393 g/mol. The van der Waals surface area contributed by atoms with Gasteiger partial charge in [-0.25, -0.2) is 13.1 Å². The Morgan fingerprint density at radius 2 is 1.85 bits per heavy atom. The van der Waals surface area contributed by atoms with Crippen LogP contribution in [0, 0.1) is 13.8 Å². The van der Waals surface area contributed by atoms with Gasteiger partial charge in [-0.3, -0.25) is 9.89 Å². The van der Waals surface area contributed by atoms with E-state index >= 15 is 0 Å². The minimum absolute atomic E-state index is 0.125. The summed E-state index contributed by atoms with van der Waals surface area (Å²) < 4.78 is 28.0. The van der Waals surface area contributed by atoms with Crippen LogP contribution in [-0.4, -0.2) is 30.1 Å². The van der Waals surface area contributed by atoms with Crippen LogP contribution in [-0.2, 0) is 21.4 Å².